The third-order valence-electron chi connectivity index (χ3n) is 4.77. The van der Waals surface area contributed by atoms with Crippen LogP contribution in [0.25, 0.3) is 11.3 Å². The summed E-state index contributed by atoms with van der Waals surface area (Å²) in [5.41, 5.74) is 0.990. The van der Waals surface area contributed by atoms with E-state index in [0.29, 0.717) is 16.3 Å². The van der Waals surface area contributed by atoms with Gasteiger partial charge in [-0.2, -0.15) is 0 Å². The maximum atomic E-state index is 11.8. The molecule has 0 aliphatic carbocycles. The monoisotopic (exact) mass is 452 g/mol. The van der Waals surface area contributed by atoms with Crippen LogP contribution in [0, 0.1) is 0 Å². The predicted molar refractivity (Wildman–Crippen MR) is 107 cm³/mol. The molecule has 2 heterocycles. The predicted octanol–water partition coefficient (Wildman–Crippen LogP) is -0.274. The molecule has 166 valence electrons. The van der Waals surface area contributed by atoms with Crippen LogP contribution in [-0.2, 0) is 14.3 Å². The van der Waals surface area contributed by atoms with Gasteiger partial charge in [0, 0.05) is 12.5 Å². The van der Waals surface area contributed by atoms with Gasteiger partial charge in [-0.25, -0.2) is 9.48 Å². The number of aromatic nitrogens is 3. The van der Waals surface area contributed by atoms with Crippen LogP contribution >= 0.6 is 11.6 Å². The highest BCUT2D eigenvalue weighted by Gasteiger charge is 2.44. The molecule has 1 aliphatic heterocycles. The number of aliphatic carboxylic acids is 1. The van der Waals surface area contributed by atoms with E-state index >= 15 is 0 Å². The van der Waals surface area contributed by atoms with Gasteiger partial charge in [0.2, 0.25) is 11.7 Å². The van der Waals surface area contributed by atoms with Gasteiger partial charge >= 0.3 is 5.97 Å². The maximum Gasteiger partial charge on any atom is 0.370 e. The molecule has 31 heavy (non-hydrogen) atoms. The second-order valence-electron chi connectivity index (χ2n) is 6.94. The molecule has 0 spiro atoms. The lowest BCUT2D eigenvalue weighted by molar-refractivity contribution is -0.147. The van der Waals surface area contributed by atoms with Gasteiger partial charge in [-0.05, 0) is 12.1 Å². The number of amides is 1. The fourth-order valence-electron chi connectivity index (χ4n) is 3.30. The van der Waals surface area contributed by atoms with Crippen molar-refractivity contribution in [3.05, 3.63) is 47.3 Å². The second-order valence-corrected chi connectivity index (χ2v) is 7.35. The molecule has 12 heteroatoms. The highest BCUT2D eigenvalue weighted by atomic mass is 35.5. The number of halogens is 1. The van der Waals surface area contributed by atoms with E-state index in [1.54, 1.807) is 24.3 Å². The molecule has 1 aromatic heterocycles. The average Bonchev–Trinajstić information content (AvgIpc) is 3.22. The molecule has 5 N–H and O–H groups in total. The molecule has 1 aromatic carbocycles. The number of carboxylic acids is 1. The van der Waals surface area contributed by atoms with Crippen molar-refractivity contribution in [2.45, 2.75) is 37.3 Å². The number of nitrogens with zero attached hydrogens (tertiary/aromatic N) is 3. The summed E-state index contributed by atoms with van der Waals surface area (Å²) in [6.45, 7) is 0.431. The van der Waals surface area contributed by atoms with E-state index in [4.69, 9.17) is 16.3 Å². The molecule has 0 bridgehead atoms. The van der Waals surface area contributed by atoms with Crippen molar-refractivity contribution in [1.82, 2.24) is 20.3 Å². The molecule has 0 radical (unpaired) electrons. The Labute approximate surface area is 181 Å². The van der Waals surface area contributed by atoms with Gasteiger partial charge in [-0.3, -0.25) is 4.79 Å². The summed E-state index contributed by atoms with van der Waals surface area (Å²) in [4.78, 5) is 23.4. The lowest BCUT2D eigenvalue weighted by Gasteiger charge is -2.39. The minimum absolute atomic E-state index is 0.399. The molecule has 1 unspecified atom stereocenters. The molecule has 1 amide bonds. The summed E-state index contributed by atoms with van der Waals surface area (Å²) in [6.07, 6.45) is -2.03. The molecule has 11 nitrogen and oxygen atoms in total. The number of aliphatic hydroxyl groups is 3. The molecule has 0 saturated carbocycles. The molecule has 0 fully saturated rings. The topological polar surface area (TPSA) is 167 Å². The van der Waals surface area contributed by atoms with E-state index in [1.165, 1.54) is 23.9 Å². The van der Waals surface area contributed by atoms with E-state index < -0.39 is 54.6 Å². The highest BCUT2D eigenvalue weighted by Crippen LogP contribution is 2.31. The summed E-state index contributed by atoms with van der Waals surface area (Å²) in [6, 6.07) is 4.93. The fraction of sp³-hybridized carbons (Fsp3) is 0.368. The average molecular weight is 453 g/mol. The van der Waals surface area contributed by atoms with Crippen LogP contribution in [-0.4, -0.2) is 78.3 Å². The number of hydrogen-bond acceptors (Lipinski definition) is 8. The Kier molecular flexibility index (Phi) is 6.91. The number of rotatable bonds is 7. The first kappa shape index (κ1) is 22.7. The minimum Gasteiger partial charge on any atom is -0.478 e. The highest BCUT2D eigenvalue weighted by molar-refractivity contribution is 6.33. The summed E-state index contributed by atoms with van der Waals surface area (Å²) in [5, 5.41) is 50.1. The Hall–Kier alpha value is -2.99. The maximum absolute atomic E-state index is 11.8. The SMILES string of the molecule is CC(=O)N[C@H]1[C@H]([C@H](O)C(O)CO)OC(C(=O)O)=C[C@@H]1n1cc(-c2ccccc2Cl)nn1. The van der Waals surface area contributed by atoms with Crippen LogP contribution in [0.3, 0.4) is 0 Å². The third-order valence-corrected chi connectivity index (χ3v) is 5.10. The van der Waals surface area contributed by atoms with Crippen LogP contribution in [0.4, 0.5) is 0 Å². The van der Waals surface area contributed by atoms with Gasteiger partial charge in [-0.1, -0.05) is 35.0 Å². The molecule has 3 rings (SSSR count). The first-order chi connectivity index (χ1) is 14.7. The molecular weight excluding hydrogens is 432 g/mol. The first-order valence-electron chi connectivity index (χ1n) is 9.25. The van der Waals surface area contributed by atoms with Crippen molar-refractivity contribution >= 4 is 23.5 Å². The fourth-order valence-corrected chi connectivity index (χ4v) is 3.53. The number of benzene rings is 1. The number of hydrogen-bond donors (Lipinski definition) is 5. The van der Waals surface area contributed by atoms with Gasteiger partial charge in [0.15, 0.2) is 0 Å². The van der Waals surface area contributed by atoms with Crippen molar-refractivity contribution in [2.75, 3.05) is 6.61 Å². The molecular formula is C19H21ClN4O7. The number of ether oxygens (including phenoxy) is 1. The number of carboxylic acid groups (broad SMARTS) is 1. The Morgan fingerprint density at radius 3 is 2.65 bits per heavy atom. The van der Waals surface area contributed by atoms with Crippen molar-refractivity contribution < 1.29 is 34.8 Å². The standard InChI is InChI=1S/C19H21ClN4O7/c1-9(26)21-16-13(6-15(19(29)30)31-18(16)17(28)14(27)8-25)24-7-12(22-23-24)10-4-2-3-5-11(10)20/h2-7,13-14,16-18,25,27-28H,8H2,1H3,(H,21,26)(H,29,30)/t13-,14?,16+,17+,18+/m0/s1. The van der Waals surface area contributed by atoms with Crippen molar-refractivity contribution in [3.8, 4) is 11.3 Å². The number of carbonyl (C=O) groups is 2. The van der Waals surface area contributed by atoms with Gasteiger partial charge < -0.3 is 30.5 Å². The van der Waals surface area contributed by atoms with Crippen LogP contribution in [0.1, 0.15) is 13.0 Å². The van der Waals surface area contributed by atoms with E-state index in [1.807, 2.05) is 0 Å². The smallest absolute Gasteiger partial charge is 0.370 e. The van der Waals surface area contributed by atoms with E-state index in [9.17, 15) is 30.0 Å². The van der Waals surface area contributed by atoms with Gasteiger partial charge in [0.1, 0.15) is 24.0 Å². The first-order valence-corrected chi connectivity index (χ1v) is 9.63. The Morgan fingerprint density at radius 1 is 1.32 bits per heavy atom. The molecule has 5 atom stereocenters. The Balaban J connectivity index is 2.06. The summed E-state index contributed by atoms with van der Waals surface area (Å²) in [7, 11) is 0. The number of aliphatic hydroxyl groups excluding tert-OH is 3. The molecule has 2 aromatic rings. The van der Waals surface area contributed by atoms with Crippen LogP contribution in [0.2, 0.25) is 5.02 Å². The minimum atomic E-state index is -1.71. The zero-order chi connectivity index (χ0) is 22.7. The van der Waals surface area contributed by atoms with Gasteiger partial charge in [-0.15, -0.1) is 5.10 Å². The largest absolute Gasteiger partial charge is 0.478 e. The van der Waals surface area contributed by atoms with Crippen LogP contribution in [0.5, 0.6) is 0 Å². The summed E-state index contributed by atoms with van der Waals surface area (Å²) in [5.74, 6) is -2.43. The normalized spacial score (nSPS) is 22.7. The zero-order valence-electron chi connectivity index (χ0n) is 16.3. The zero-order valence-corrected chi connectivity index (χ0v) is 17.0. The van der Waals surface area contributed by atoms with Gasteiger partial charge in [0.25, 0.3) is 0 Å². The number of nitrogens with one attached hydrogen (secondary N) is 1. The third kappa shape index (κ3) is 4.85. The van der Waals surface area contributed by atoms with Crippen LogP contribution < -0.4 is 5.32 Å². The van der Waals surface area contributed by atoms with Crippen molar-refractivity contribution in [3.63, 3.8) is 0 Å². The van der Waals surface area contributed by atoms with E-state index in [2.05, 4.69) is 15.6 Å². The molecule has 1 aliphatic rings. The van der Waals surface area contributed by atoms with E-state index in [0.717, 1.165) is 0 Å². The number of carbonyl (C=O) groups excluding carboxylic acids is 1. The second kappa shape index (κ2) is 9.43. The molecule has 0 saturated heterocycles. The lowest BCUT2D eigenvalue weighted by atomic mass is 9.92. The lowest BCUT2D eigenvalue weighted by Crippen LogP contribution is -2.58. The van der Waals surface area contributed by atoms with Crippen LogP contribution in [0.15, 0.2) is 42.3 Å². The van der Waals surface area contributed by atoms with Gasteiger partial charge in [0.05, 0.1) is 29.9 Å². The summed E-state index contributed by atoms with van der Waals surface area (Å²) < 4.78 is 6.65. The summed E-state index contributed by atoms with van der Waals surface area (Å²) >= 11 is 6.20. The Morgan fingerprint density at radius 2 is 2.03 bits per heavy atom. The van der Waals surface area contributed by atoms with E-state index in [-0.39, 0.29) is 0 Å². The van der Waals surface area contributed by atoms with Crippen molar-refractivity contribution in [2.24, 2.45) is 0 Å². The van der Waals surface area contributed by atoms with Crippen molar-refractivity contribution in [1.29, 1.82) is 0 Å². The Bertz CT molecular complexity index is 995. The quantitative estimate of drug-likeness (QED) is 0.379.